The Kier molecular flexibility index (Phi) is 7.55. The van der Waals surface area contributed by atoms with E-state index in [0.717, 1.165) is 18.2 Å². The van der Waals surface area contributed by atoms with Gasteiger partial charge < -0.3 is 5.32 Å². The summed E-state index contributed by atoms with van der Waals surface area (Å²) in [6.45, 7) is 7.68. The van der Waals surface area contributed by atoms with Gasteiger partial charge in [0, 0.05) is 28.3 Å². The van der Waals surface area contributed by atoms with Crippen molar-refractivity contribution in [3.05, 3.63) is 15.6 Å². The number of hydrogen-bond acceptors (Lipinski definition) is 4. The number of rotatable bonds is 8. The van der Waals surface area contributed by atoms with Gasteiger partial charge in [-0.3, -0.25) is 0 Å². The lowest BCUT2D eigenvalue weighted by atomic mass is 10.0. The molecule has 1 fully saturated rings. The summed E-state index contributed by atoms with van der Waals surface area (Å²) in [6.07, 6.45) is 9.50. The number of aromatic nitrogens is 1. The van der Waals surface area contributed by atoms with Crippen molar-refractivity contribution in [1.29, 1.82) is 0 Å². The second-order valence-electron chi connectivity index (χ2n) is 6.20. The van der Waals surface area contributed by atoms with Crippen molar-refractivity contribution in [2.75, 3.05) is 12.3 Å². The number of thioether (sulfide) groups is 1. The summed E-state index contributed by atoms with van der Waals surface area (Å²) in [7, 11) is 0. The van der Waals surface area contributed by atoms with E-state index in [2.05, 4.69) is 37.8 Å². The summed E-state index contributed by atoms with van der Waals surface area (Å²) in [4.78, 5) is 6.10. The Balaban J connectivity index is 1.84. The minimum atomic E-state index is 0.585. The van der Waals surface area contributed by atoms with E-state index in [1.54, 1.807) is 0 Å². The molecule has 0 saturated heterocycles. The van der Waals surface area contributed by atoms with Crippen LogP contribution >= 0.6 is 23.1 Å². The van der Waals surface area contributed by atoms with Crippen molar-refractivity contribution < 1.29 is 0 Å². The zero-order valence-corrected chi connectivity index (χ0v) is 15.4. The van der Waals surface area contributed by atoms with E-state index in [1.807, 2.05) is 11.3 Å². The van der Waals surface area contributed by atoms with E-state index < -0.39 is 0 Å². The Morgan fingerprint density at radius 2 is 2.05 bits per heavy atom. The standard InChI is InChI=1S/C17H30N2S2/c1-4-10-18-15(11-17-19-13(2)14(3)21-17)12-20-16-8-6-5-7-9-16/h15-16,18H,4-12H2,1-3H3. The van der Waals surface area contributed by atoms with Crippen molar-refractivity contribution in [1.82, 2.24) is 10.3 Å². The highest BCUT2D eigenvalue weighted by Gasteiger charge is 2.18. The molecule has 0 aromatic carbocycles. The summed E-state index contributed by atoms with van der Waals surface area (Å²) in [5.74, 6) is 1.24. The first-order valence-corrected chi connectivity index (χ1v) is 10.3. The highest BCUT2D eigenvalue weighted by atomic mass is 32.2. The van der Waals surface area contributed by atoms with Gasteiger partial charge in [-0.05, 0) is 39.7 Å². The lowest BCUT2D eigenvalue weighted by Gasteiger charge is -2.24. The van der Waals surface area contributed by atoms with Crippen LogP contribution in [0, 0.1) is 13.8 Å². The van der Waals surface area contributed by atoms with Crippen LogP contribution in [-0.4, -0.2) is 28.6 Å². The summed E-state index contributed by atoms with van der Waals surface area (Å²) in [6, 6.07) is 0.585. The van der Waals surface area contributed by atoms with Gasteiger partial charge in [0.2, 0.25) is 0 Å². The Bertz CT molecular complexity index is 391. The predicted octanol–water partition coefficient (Wildman–Crippen LogP) is 4.74. The molecule has 1 aromatic rings. The minimum Gasteiger partial charge on any atom is -0.313 e. The van der Waals surface area contributed by atoms with E-state index in [9.17, 15) is 0 Å². The number of aryl methyl sites for hydroxylation is 2. The van der Waals surface area contributed by atoms with Gasteiger partial charge in [-0.2, -0.15) is 11.8 Å². The number of nitrogens with zero attached hydrogens (tertiary/aromatic N) is 1. The molecule has 4 heteroatoms. The van der Waals surface area contributed by atoms with Crippen LogP contribution in [-0.2, 0) is 6.42 Å². The number of hydrogen-bond donors (Lipinski definition) is 1. The predicted molar refractivity (Wildman–Crippen MR) is 96.7 cm³/mol. The summed E-state index contributed by atoms with van der Waals surface area (Å²) < 4.78 is 0. The van der Waals surface area contributed by atoms with Crippen LogP contribution in [0.4, 0.5) is 0 Å². The average molecular weight is 327 g/mol. The third-order valence-electron chi connectivity index (χ3n) is 4.26. The maximum atomic E-state index is 4.72. The lowest BCUT2D eigenvalue weighted by molar-refractivity contribution is 0.511. The van der Waals surface area contributed by atoms with Crippen LogP contribution in [0.3, 0.4) is 0 Å². The maximum absolute atomic E-state index is 4.72. The SMILES string of the molecule is CCCNC(CSC1CCCCC1)Cc1nc(C)c(C)s1. The third-order valence-corrected chi connectivity index (χ3v) is 6.89. The zero-order valence-electron chi connectivity index (χ0n) is 13.8. The summed E-state index contributed by atoms with van der Waals surface area (Å²) in [5.41, 5.74) is 1.21. The van der Waals surface area contributed by atoms with Gasteiger partial charge in [-0.15, -0.1) is 11.3 Å². The molecule has 2 nitrogen and oxygen atoms in total. The quantitative estimate of drug-likeness (QED) is 0.747. The molecule has 2 rings (SSSR count). The molecule has 21 heavy (non-hydrogen) atoms. The van der Waals surface area contributed by atoms with Crippen molar-refractivity contribution in [3.8, 4) is 0 Å². The van der Waals surface area contributed by atoms with Crippen LogP contribution < -0.4 is 5.32 Å². The Morgan fingerprint density at radius 3 is 2.67 bits per heavy atom. The van der Waals surface area contributed by atoms with Gasteiger partial charge >= 0.3 is 0 Å². The number of thiazole rings is 1. The Morgan fingerprint density at radius 1 is 1.29 bits per heavy atom. The molecular weight excluding hydrogens is 296 g/mol. The van der Waals surface area contributed by atoms with Gasteiger partial charge in [0.25, 0.3) is 0 Å². The topological polar surface area (TPSA) is 24.9 Å². The molecule has 0 spiro atoms. The highest BCUT2D eigenvalue weighted by molar-refractivity contribution is 7.99. The van der Waals surface area contributed by atoms with Gasteiger partial charge in [-0.25, -0.2) is 4.98 Å². The molecule has 1 saturated carbocycles. The van der Waals surface area contributed by atoms with Crippen molar-refractivity contribution >= 4 is 23.1 Å². The fourth-order valence-corrected chi connectivity index (χ4v) is 5.28. The fraction of sp³-hybridized carbons (Fsp3) is 0.824. The first-order valence-electron chi connectivity index (χ1n) is 8.47. The average Bonchev–Trinajstić information content (AvgIpc) is 2.81. The summed E-state index contributed by atoms with van der Waals surface area (Å²) >= 11 is 4.08. The molecule has 1 aromatic heterocycles. The molecule has 1 unspecified atom stereocenters. The van der Waals surface area contributed by atoms with Crippen LogP contribution in [0.2, 0.25) is 0 Å². The molecule has 0 radical (unpaired) electrons. The molecule has 0 bridgehead atoms. The Hall–Kier alpha value is -0.0600. The van der Waals surface area contributed by atoms with E-state index >= 15 is 0 Å². The smallest absolute Gasteiger partial charge is 0.0946 e. The van der Waals surface area contributed by atoms with E-state index in [0.29, 0.717) is 6.04 Å². The molecule has 0 amide bonds. The van der Waals surface area contributed by atoms with Crippen LogP contribution in [0.15, 0.2) is 0 Å². The molecule has 1 aliphatic carbocycles. The molecule has 1 N–H and O–H groups in total. The summed E-state index contributed by atoms with van der Waals surface area (Å²) in [5, 5.41) is 5.95. The molecule has 0 aliphatic heterocycles. The molecule has 1 heterocycles. The second kappa shape index (κ2) is 9.16. The Labute approximate surface area is 138 Å². The van der Waals surface area contributed by atoms with Gasteiger partial charge in [0.05, 0.1) is 10.7 Å². The molecule has 1 atom stereocenters. The largest absolute Gasteiger partial charge is 0.313 e. The third kappa shape index (κ3) is 5.91. The van der Waals surface area contributed by atoms with Crippen molar-refractivity contribution in [3.63, 3.8) is 0 Å². The van der Waals surface area contributed by atoms with Gasteiger partial charge in [0.15, 0.2) is 0 Å². The number of nitrogens with one attached hydrogen (secondary N) is 1. The maximum Gasteiger partial charge on any atom is 0.0946 e. The minimum absolute atomic E-state index is 0.585. The van der Waals surface area contributed by atoms with Crippen molar-refractivity contribution in [2.24, 2.45) is 0 Å². The van der Waals surface area contributed by atoms with E-state index in [4.69, 9.17) is 4.98 Å². The normalized spacial score (nSPS) is 18.0. The second-order valence-corrected chi connectivity index (χ2v) is 8.82. The molecule has 120 valence electrons. The zero-order chi connectivity index (χ0) is 15.1. The monoisotopic (exact) mass is 326 g/mol. The van der Waals surface area contributed by atoms with Crippen LogP contribution in [0.5, 0.6) is 0 Å². The van der Waals surface area contributed by atoms with Gasteiger partial charge in [0.1, 0.15) is 0 Å². The highest BCUT2D eigenvalue weighted by Crippen LogP contribution is 2.29. The first kappa shape index (κ1) is 17.3. The molecular formula is C17H30N2S2. The molecule has 1 aliphatic rings. The van der Waals surface area contributed by atoms with Crippen LogP contribution in [0.25, 0.3) is 0 Å². The van der Waals surface area contributed by atoms with Gasteiger partial charge in [-0.1, -0.05) is 26.2 Å². The van der Waals surface area contributed by atoms with E-state index in [1.165, 1.54) is 59.9 Å². The van der Waals surface area contributed by atoms with E-state index in [-0.39, 0.29) is 0 Å². The first-order chi connectivity index (χ1) is 10.2. The lowest BCUT2D eigenvalue weighted by Crippen LogP contribution is -2.34. The van der Waals surface area contributed by atoms with Crippen molar-refractivity contribution in [2.45, 2.75) is 77.0 Å². The van der Waals surface area contributed by atoms with Crippen LogP contribution in [0.1, 0.15) is 61.0 Å². The fourth-order valence-electron chi connectivity index (χ4n) is 2.86.